The van der Waals surface area contributed by atoms with Gasteiger partial charge >= 0.3 is 0 Å². The van der Waals surface area contributed by atoms with E-state index in [-0.39, 0.29) is 12.5 Å². The standard InChI is InChI=1S/C21H19ClN4O2/c1-2-20-24-25-21(28-20)17-12-26(18-9-4-3-8-16(17)18)13-19(27)23-11-14-6-5-7-15(22)10-14/h3-10,12H,2,11,13H2,1H3,(H,23,27). The number of benzene rings is 2. The van der Waals surface area contributed by atoms with Crippen LogP contribution in [0.1, 0.15) is 18.4 Å². The Labute approximate surface area is 167 Å². The van der Waals surface area contributed by atoms with Crippen molar-refractivity contribution in [2.45, 2.75) is 26.4 Å². The molecule has 0 aliphatic heterocycles. The summed E-state index contributed by atoms with van der Waals surface area (Å²) >= 11 is 5.99. The average molecular weight is 395 g/mol. The van der Waals surface area contributed by atoms with Crippen molar-refractivity contribution in [3.05, 3.63) is 71.2 Å². The molecule has 28 heavy (non-hydrogen) atoms. The van der Waals surface area contributed by atoms with E-state index in [9.17, 15) is 4.79 Å². The zero-order valence-electron chi connectivity index (χ0n) is 15.4. The van der Waals surface area contributed by atoms with Crippen LogP contribution in [-0.4, -0.2) is 20.7 Å². The van der Waals surface area contributed by atoms with Crippen LogP contribution in [0.15, 0.2) is 59.1 Å². The predicted octanol–water partition coefficient (Wildman–Crippen LogP) is 4.22. The van der Waals surface area contributed by atoms with Crippen LogP contribution in [0.3, 0.4) is 0 Å². The summed E-state index contributed by atoms with van der Waals surface area (Å²) in [6.45, 7) is 2.58. The number of aryl methyl sites for hydroxylation is 1. The highest BCUT2D eigenvalue weighted by Gasteiger charge is 2.16. The molecule has 4 aromatic rings. The van der Waals surface area contributed by atoms with Gasteiger partial charge in [-0.15, -0.1) is 10.2 Å². The van der Waals surface area contributed by atoms with Gasteiger partial charge in [-0.25, -0.2) is 0 Å². The van der Waals surface area contributed by atoms with Crippen molar-refractivity contribution in [2.24, 2.45) is 0 Å². The van der Waals surface area contributed by atoms with Gasteiger partial charge in [-0.2, -0.15) is 0 Å². The second-order valence-corrected chi connectivity index (χ2v) is 6.89. The van der Waals surface area contributed by atoms with Gasteiger partial charge in [0, 0.05) is 35.1 Å². The fourth-order valence-electron chi connectivity index (χ4n) is 3.11. The lowest BCUT2D eigenvalue weighted by Crippen LogP contribution is -2.26. The van der Waals surface area contributed by atoms with E-state index in [0.717, 1.165) is 22.0 Å². The third-order valence-electron chi connectivity index (χ3n) is 4.48. The number of carbonyl (C=O) groups excluding carboxylic acids is 1. The second kappa shape index (κ2) is 7.86. The number of nitrogens with one attached hydrogen (secondary N) is 1. The van der Waals surface area contributed by atoms with Crippen molar-refractivity contribution in [2.75, 3.05) is 0 Å². The lowest BCUT2D eigenvalue weighted by Gasteiger charge is -2.08. The molecule has 0 radical (unpaired) electrons. The van der Waals surface area contributed by atoms with E-state index in [1.165, 1.54) is 0 Å². The van der Waals surface area contributed by atoms with E-state index in [2.05, 4.69) is 15.5 Å². The Hall–Kier alpha value is -3.12. The Bertz CT molecular complexity index is 1130. The number of halogens is 1. The summed E-state index contributed by atoms with van der Waals surface area (Å²) in [5.74, 6) is 0.962. The summed E-state index contributed by atoms with van der Waals surface area (Å²) in [5.41, 5.74) is 2.72. The maximum atomic E-state index is 12.5. The number of nitrogens with zero attached hydrogens (tertiary/aromatic N) is 3. The third-order valence-corrected chi connectivity index (χ3v) is 4.72. The van der Waals surface area contributed by atoms with Gasteiger partial charge in [0.2, 0.25) is 17.7 Å². The van der Waals surface area contributed by atoms with Crippen molar-refractivity contribution in [1.29, 1.82) is 0 Å². The van der Waals surface area contributed by atoms with Crippen molar-refractivity contribution >= 4 is 28.4 Å². The van der Waals surface area contributed by atoms with Crippen LogP contribution in [0.25, 0.3) is 22.4 Å². The topological polar surface area (TPSA) is 73.0 Å². The molecule has 2 aromatic heterocycles. The minimum Gasteiger partial charge on any atom is -0.421 e. The first-order valence-electron chi connectivity index (χ1n) is 9.06. The zero-order chi connectivity index (χ0) is 19.5. The van der Waals surface area contributed by atoms with E-state index in [4.69, 9.17) is 16.0 Å². The fourth-order valence-corrected chi connectivity index (χ4v) is 3.32. The highest BCUT2D eigenvalue weighted by molar-refractivity contribution is 6.30. The molecule has 0 fully saturated rings. The zero-order valence-corrected chi connectivity index (χ0v) is 16.1. The molecule has 0 saturated heterocycles. The van der Waals surface area contributed by atoms with Gasteiger partial charge in [-0.1, -0.05) is 48.9 Å². The molecule has 2 heterocycles. The summed E-state index contributed by atoms with van der Waals surface area (Å²) in [7, 11) is 0. The molecule has 0 unspecified atom stereocenters. The van der Waals surface area contributed by atoms with Crippen LogP contribution < -0.4 is 5.32 Å². The van der Waals surface area contributed by atoms with E-state index in [0.29, 0.717) is 29.8 Å². The Morgan fingerprint density at radius 1 is 1.18 bits per heavy atom. The predicted molar refractivity (Wildman–Crippen MR) is 108 cm³/mol. The lowest BCUT2D eigenvalue weighted by molar-refractivity contribution is -0.121. The molecule has 1 amide bonds. The first-order valence-corrected chi connectivity index (χ1v) is 9.43. The molecule has 7 heteroatoms. The van der Waals surface area contributed by atoms with Crippen LogP contribution in [0.2, 0.25) is 5.02 Å². The molecule has 0 bridgehead atoms. The van der Waals surface area contributed by atoms with Gasteiger partial charge in [0.1, 0.15) is 6.54 Å². The Morgan fingerprint density at radius 3 is 2.82 bits per heavy atom. The van der Waals surface area contributed by atoms with Gasteiger partial charge in [-0.05, 0) is 23.8 Å². The van der Waals surface area contributed by atoms with E-state index in [1.54, 1.807) is 0 Å². The second-order valence-electron chi connectivity index (χ2n) is 6.45. The SMILES string of the molecule is CCc1nnc(-c2cn(CC(=O)NCc3cccc(Cl)c3)c3ccccc23)o1. The van der Waals surface area contributed by atoms with Gasteiger partial charge in [0.15, 0.2) is 0 Å². The molecule has 142 valence electrons. The summed E-state index contributed by atoms with van der Waals surface area (Å²) < 4.78 is 7.61. The highest BCUT2D eigenvalue weighted by Crippen LogP contribution is 2.29. The number of hydrogen-bond acceptors (Lipinski definition) is 4. The molecular weight excluding hydrogens is 376 g/mol. The lowest BCUT2D eigenvalue weighted by atomic mass is 10.2. The van der Waals surface area contributed by atoms with E-state index in [1.807, 2.05) is 66.2 Å². The number of amides is 1. The molecule has 0 spiro atoms. The van der Waals surface area contributed by atoms with E-state index < -0.39 is 0 Å². The molecule has 6 nitrogen and oxygen atoms in total. The smallest absolute Gasteiger partial charge is 0.249 e. The summed E-state index contributed by atoms with van der Waals surface area (Å²) in [5, 5.41) is 12.7. The van der Waals surface area contributed by atoms with Crippen LogP contribution >= 0.6 is 11.6 Å². The quantitative estimate of drug-likeness (QED) is 0.531. The summed E-state index contributed by atoms with van der Waals surface area (Å²) in [6, 6.07) is 15.3. The highest BCUT2D eigenvalue weighted by atomic mass is 35.5. The first kappa shape index (κ1) is 18.3. The number of aromatic nitrogens is 3. The van der Waals surface area contributed by atoms with Crippen molar-refractivity contribution in [3.63, 3.8) is 0 Å². The van der Waals surface area contributed by atoms with Gasteiger partial charge in [0.25, 0.3) is 0 Å². The monoisotopic (exact) mass is 394 g/mol. The largest absolute Gasteiger partial charge is 0.421 e. The number of rotatable bonds is 6. The summed E-state index contributed by atoms with van der Waals surface area (Å²) in [6.07, 6.45) is 2.56. The van der Waals surface area contributed by atoms with Crippen molar-refractivity contribution in [1.82, 2.24) is 20.1 Å². The minimum absolute atomic E-state index is 0.0907. The Balaban J connectivity index is 1.56. The third kappa shape index (κ3) is 3.77. The van der Waals surface area contributed by atoms with Gasteiger partial charge < -0.3 is 14.3 Å². The molecule has 2 aromatic carbocycles. The number of carbonyl (C=O) groups is 1. The van der Waals surface area contributed by atoms with Crippen LogP contribution in [0.4, 0.5) is 0 Å². The molecule has 0 saturated carbocycles. The summed E-state index contributed by atoms with van der Waals surface area (Å²) in [4.78, 5) is 12.5. The minimum atomic E-state index is -0.0907. The molecule has 0 aliphatic rings. The molecule has 4 rings (SSSR count). The maximum Gasteiger partial charge on any atom is 0.249 e. The van der Waals surface area contributed by atoms with Gasteiger partial charge in [0.05, 0.1) is 5.56 Å². The number of fused-ring (bicyclic) bond motifs is 1. The number of hydrogen-bond donors (Lipinski definition) is 1. The normalized spacial score (nSPS) is 11.1. The Kier molecular flexibility index (Phi) is 5.12. The van der Waals surface area contributed by atoms with Crippen LogP contribution in [0.5, 0.6) is 0 Å². The van der Waals surface area contributed by atoms with Crippen molar-refractivity contribution < 1.29 is 9.21 Å². The van der Waals surface area contributed by atoms with Crippen LogP contribution in [0, 0.1) is 0 Å². The van der Waals surface area contributed by atoms with Crippen LogP contribution in [-0.2, 0) is 24.3 Å². The Morgan fingerprint density at radius 2 is 2.04 bits per heavy atom. The molecule has 0 atom stereocenters. The molecular formula is C21H19ClN4O2. The average Bonchev–Trinajstić information content (AvgIpc) is 3.31. The molecule has 1 N–H and O–H groups in total. The first-order chi connectivity index (χ1) is 13.6. The maximum absolute atomic E-state index is 12.5. The molecule has 0 aliphatic carbocycles. The van der Waals surface area contributed by atoms with E-state index >= 15 is 0 Å². The van der Waals surface area contributed by atoms with Crippen molar-refractivity contribution in [3.8, 4) is 11.5 Å². The fraction of sp³-hybridized carbons (Fsp3) is 0.190. The number of para-hydroxylation sites is 1. The van der Waals surface area contributed by atoms with Gasteiger partial charge in [-0.3, -0.25) is 4.79 Å².